The van der Waals surface area contributed by atoms with E-state index in [2.05, 4.69) is 0 Å². The Morgan fingerprint density at radius 2 is 0.773 bits per heavy atom. The summed E-state index contributed by atoms with van der Waals surface area (Å²) >= 11 is 0. The first-order chi connectivity index (χ1) is 10.2. The van der Waals surface area contributed by atoms with Gasteiger partial charge in [0, 0.05) is 0 Å². The van der Waals surface area contributed by atoms with Crippen molar-refractivity contribution in [2.75, 3.05) is 0 Å². The molecule has 6 heteroatoms. The predicted octanol–water partition coefficient (Wildman–Crippen LogP) is 5.72. The van der Waals surface area contributed by atoms with Crippen molar-refractivity contribution in [3.05, 3.63) is 71.8 Å². The van der Waals surface area contributed by atoms with Crippen LogP contribution in [0.3, 0.4) is 0 Å². The van der Waals surface area contributed by atoms with Gasteiger partial charge in [-0.1, -0.05) is 60.7 Å². The molecule has 0 aromatic heterocycles. The minimum absolute atomic E-state index is 0.522. The highest BCUT2D eigenvalue weighted by Crippen LogP contribution is 2.46. The molecule has 0 amide bonds. The Hall–Kier alpha value is -2.24. The van der Waals surface area contributed by atoms with Crippen LogP contribution in [-0.2, 0) is 0 Å². The van der Waals surface area contributed by atoms with Crippen LogP contribution >= 0.6 is 0 Å². The van der Waals surface area contributed by atoms with Gasteiger partial charge in [0.2, 0.25) is 0 Å². The molecule has 0 nitrogen and oxygen atoms in total. The van der Waals surface area contributed by atoms with Gasteiger partial charge >= 0.3 is 12.4 Å². The Bertz CT molecular complexity index is 591. The zero-order valence-corrected chi connectivity index (χ0v) is 11.0. The Balaban J connectivity index is 2.84. The van der Waals surface area contributed by atoms with E-state index in [0.29, 0.717) is 0 Å². The third kappa shape index (κ3) is 3.50. The van der Waals surface area contributed by atoms with Crippen LogP contribution in [-0.4, -0.2) is 12.4 Å². The van der Waals surface area contributed by atoms with Crippen molar-refractivity contribution in [2.45, 2.75) is 12.4 Å². The molecule has 0 N–H and O–H groups in total. The van der Waals surface area contributed by atoms with Crippen LogP contribution < -0.4 is 0 Å². The fourth-order valence-corrected chi connectivity index (χ4v) is 2.11. The summed E-state index contributed by atoms with van der Waals surface area (Å²) in [5, 5.41) is 0. The topological polar surface area (TPSA) is 0 Å². The zero-order valence-electron chi connectivity index (χ0n) is 11.0. The lowest BCUT2D eigenvalue weighted by molar-refractivity contribution is -0.0828. The van der Waals surface area contributed by atoms with Crippen LogP contribution in [0, 0.1) is 0 Å². The minimum Gasteiger partial charge on any atom is -0.166 e. The summed E-state index contributed by atoms with van der Waals surface area (Å²) in [7, 11) is 0. The van der Waals surface area contributed by atoms with Gasteiger partial charge in [-0.3, -0.25) is 0 Å². The second kappa shape index (κ2) is 5.87. The van der Waals surface area contributed by atoms with E-state index in [9.17, 15) is 26.3 Å². The number of hydrogen-bond acceptors (Lipinski definition) is 0. The number of alkyl halides is 6. The molecule has 0 aliphatic carbocycles. The number of allylic oxidation sites excluding steroid dienone is 2. The van der Waals surface area contributed by atoms with Gasteiger partial charge in [0.1, 0.15) is 0 Å². The molecular weight excluding hydrogens is 306 g/mol. The minimum atomic E-state index is -5.14. The Morgan fingerprint density at radius 1 is 0.500 bits per heavy atom. The number of benzene rings is 2. The maximum Gasteiger partial charge on any atom is 0.417 e. The van der Waals surface area contributed by atoms with Gasteiger partial charge in [0.05, 0.1) is 11.1 Å². The second-order valence-corrected chi connectivity index (χ2v) is 4.48. The number of hydrogen-bond donors (Lipinski definition) is 0. The lowest BCUT2D eigenvalue weighted by Gasteiger charge is -2.20. The van der Waals surface area contributed by atoms with Crippen molar-refractivity contribution < 1.29 is 26.3 Å². The molecule has 0 fully saturated rings. The van der Waals surface area contributed by atoms with Crippen molar-refractivity contribution in [3.8, 4) is 0 Å². The van der Waals surface area contributed by atoms with Crippen molar-refractivity contribution in [2.24, 2.45) is 0 Å². The highest BCUT2D eigenvalue weighted by molar-refractivity contribution is 5.95. The molecule has 2 aromatic carbocycles. The summed E-state index contributed by atoms with van der Waals surface area (Å²) in [5.41, 5.74) is -4.42. The van der Waals surface area contributed by atoms with Crippen molar-refractivity contribution in [1.82, 2.24) is 0 Å². The molecule has 0 bridgehead atoms. The van der Waals surface area contributed by atoms with Gasteiger partial charge in [0.15, 0.2) is 0 Å². The van der Waals surface area contributed by atoms with Crippen LogP contribution in [0.25, 0.3) is 11.1 Å². The zero-order chi connectivity index (χ0) is 16.4. The van der Waals surface area contributed by atoms with E-state index in [1.54, 1.807) is 0 Å². The number of halogens is 6. The highest BCUT2D eigenvalue weighted by atomic mass is 19.4. The average molecular weight is 316 g/mol. The normalized spacial score (nSPS) is 13.7. The molecule has 0 spiro atoms. The van der Waals surface area contributed by atoms with E-state index in [1.165, 1.54) is 36.4 Å². The largest absolute Gasteiger partial charge is 0.417 e. The summed E-state index contributed by atoms with van der Waals surface area (Å²) in [6.07, 6.45) is -10.3. The van der Waals surface area contributed by atoms with Crippen LogP contribution in [0.2, 0.25) is 0 Å². The Labute approximate surface area is 122 Å². The van der Waals surface area contributed by atoms with Gasteiger partial charge in [-0.05, 0) is 11.1 Å². The van der Waals surface area contributed by atoms with Crippen molar-refractivity contribution in [1.29, 1.82) is 0 Å². The summed E-state index contributed by atoms with van der Waals surface area (Å²) in [6.45, 7) is 0. The maximum atomic E-state index is 13.3. The van der Waals surface area contributed by atoms with E-state index in [-0.39, 0.29) is 0 Å². The van der Waals surface area contributed by atoms with Crippen molar-refractivity contribution >= 4 is 11.1 Å². The van der Waals surface area contributed by atoms with Gasteiger partial charge in [-0.25, -0.2) is 0 Å². The lowest BCUT2D eigenvalue weighted by atomic mass is 9.93. The maximum absolute atomic E-state index is 13.3. The molecule has 2 aromatic rings. The second-order valence-electron chi connectivity index (χ2n) is 4.48. The van der Waals surface area contributed by atoms with E-state index in [4.69, 9.17) is 0 Å². The predicted molar refractivity (Wildman–Crippen MR) is 71.8 cm³/mol. The molecule has 0 atom stereocenters. The van der Waals surface area contributed by atoms with E-state index < -0.39 is 34.6 Å². The summed E-state index contributed by atoms with van der Waals surface area (Å²) < 4.78 is 79.9. The lowest BCUT2D eigenvalue weighted by Crippen LogP contribution is -2.20. The molecule has 116 valence electrons. The molecular formula is C16H10F6. The van der Waals surface area contributed by atoms with Gasteiger partial charge in [0.25, 0.3) is 0 Å². The van der Waals surface area contributed by atoms with Crippen LogP contribution in [0.1, 0.15) is 11.1 Å². The van der Waals surface area contributed by atoms with Crippen LogP contribution in [0.15, 0.2) is 60.7 Å². The fraction of sp³-hybridized carbons (Fsp3) is 0.125. The quantitative estimate of drug-likeness (QED) is 0.491. The standard InChI is InChI=1S/C16H10F6/c17-15(18,19)13(11-7-3-1-4-8-11)14(16(20,21)22)12-9-5-2-6-10-12/h1-10H/b14-13+. The summed E-state index contributed by atoms with van der Waals surface area (Å²) in [6, 6.07) is 12.0. The molecule has 2 rings (SSSR count). The van der Waals surface area contributed by atoms with Gasteiger partial charge < -0.3 is 0 Å². The van der Waals surface area contributed by atoms with Gasteiger partial charge in [-0.15, -0.1) is 0 Å². The first kappa shape index (κ1) is 16.1. The molecule has 0 aliphatic heterocycles. The van der Waals surface area contributed by atoms with E-state index in [1.807, 2.05) is 0 Å². The average Bonchev–Trinajstić information content (AvgIpc) is 2.44. The van der Waals surface area contributed by atoms with E-state index in [0.717, 1.165) is 24.3 Å². The molecule has 0 aliphatic rings. The van der Waals surface area contributed by atoms with Crippen LogP contribution in [0.4, 0.5) is 26.3 Å². The molecule has 0 heterocycles. The first-order valence-electron chi connectivity index (χ1n) is 6.21. The summed E-state index contributed by atoms with van der Waals surface area (Å²) in [5.74, 6) is 0. The van der Waals surface area contributed by atoms with Crippen molar-refractivity contribution in [3.63, 3.8) is 0 Å². The highest BCUT2D eigenvalue weighted by Gasteiger charge is 2.46. The third-order valence-corrected chi connectivity index (χ3v) is 2.94. The molecule has 22 heavy (non-hydrogen) atoms. The first-order valence-corrected chi connectivity index (χ1v) is 6.21. The molecule has 0 saturated carbocycles. The smallest absolute Gasteiger partial charge is 0.166 e. The van der Waals surface area contributed by atoms with E-state index >= 15 is 0 Å². The van der Waals surface area contributed by atoms with Crippen LogP contribution in [0.5, 0.6) is 0 Å². The molecule has 0 unspecified atom stereocenters. The monoisotopic (exact) mass is 316 g/mol. The molecule has 0 radical (unpaired) electrons. The summed E-state index contributed by atoms with van der Waals surface area (Å²) in [4.78, 5) is 0. The molecule has 0 saturated heterocycles. The van der Waals surface area contributed by atoms with Gasteiger partial charge in [-0.2, -0.15) is 26.3 Å². The fourth-order valence-electron chi connectivity index (χ4n) is 2.11. The third-order valence-electron chi connectivity index (χ3n) is 2.94. The SMILES string of the molecule is FC(F)(F)/C(=C(\c1ccccc1)C(F)(F)F)c1ccccc1. The number of rotatable bonds is 2. The Morgan fingerprint density at radius 3 is 1.00 bits per heavy atom. The Kier molecular flexibility index (Phi) is 4.30.